The van der Waals surface area contributed by atoms with E-state index in [4.69, 9.17) is 0 Å². The van der Waals surface area contributed by atoms with Crippen molar-refractivity contribution >= 4 is 28.2 Å². The molecule has 1 aliphatic carbocycles. The number of nitrogens with zero attached hydrogens (tertiary/aromatic N) is 2. The summed E-state index contributed by atoms with van der Waals surface area (Å²) < 4.78 is 13.1. The number of likely N-dealkylation sites (tertiary alicyclic amines) is 1. The lowest BCUT2D eigenvalue weighted by Gasteiger charge is -2.31. The summed E-state index contributed by atoms with van der Waals surface area (Å²) in [4.78, 5) is 28.3. The number of carbonyl (C=O) groups excluding carboxylic acids is 2. The molecule has 1 fully saturated rings. The molecule has 5 nitrogen and oxygen atoms in total. The molecule has 2 heterocycles. The van der Waals surface area contributed by atoms with Crippen molar-refractivity contribution in [2.24, 2.45) is 5.92 Å². The Labute approximate surface area is 173 Å². The SMILES string of the molecule is N#Cc1c(NC(=O)C2CCN(C(=O)c3ccc(F)cc3)CC2)sc2c1CCCC2. The molecule has 0 spiro atoms. The van der Waals surface area contributed by atoms with Crippen LogP contribution >= 0.6 is 11.3 Å². The van der Waals surface area contributed by atoms with Crippen molar-refractivity contribution in [2.75, 3.05) is 18.4 Å². The summed E-state index contributed by atoms with van der Waals surface area (Å²) in [5.41, 5.74) is 2.19. The second-order valence-electron chi connectivity index (χ2n) is 7.59. The van der Waals surface area contributed by atoms with E-state index < -0.39 is 0 Å². The lowest BCUT2D eigenvalue weighted by molar-refractivity contribution is -0.121. The summed E-state index contributed by atoms with van der Waals surface area (Å²) in [5, 5.41) is 13.2. The zero-order chi connectivity index (χ0) is 20.4. The number of amides is 2. The van der Waals surface area contributed by atoms with E-state index in [1.807, 2.05) is 0 Å². The second-order valence-corrected chi connectivity index (χ2v) is 8.69. The molecular weight excluding hydrogens is 389 g/mol. The van der Waals surface area contributed by atoms with E-state index in [0.29, 0.717) is 42.1 Å². The molecule has 2 aromatic rings. The van der Waals surface area contributed by atoms with Gasteiger partial charge < -0.3 is 10.2 Å². The molecular formula is C22H22FN3O2S. The Morgan fingerprint density at radius 3 is 2.52 bits per heavy atom. The van der Waals surface area contributed by atoms with Gasteiger partial charge in [-0.1, -0.05) is 0 Å². The van der Waals surface area contributed by atoms with Crippen LogP contribution in [0, 0.1) is 23.1 Å². The number of anilines is 1. The van der Waals surface area contributed by atoms with Gasteiger partial charge in [0.2, 0.25) is 5.91 Å². The van der Waals surface area contributed by atoms with Gasteiger partial charge >= 0.3 is 0 Å². The molecule has 0 unspecified atom stereocenters. The van der Waals surface area contributed by atoms with Crippen molar-refractivity contribution in [3.8, 4) is 6.07 Å². The number of halogens is 1. The predicted molar refractivity (Wildman–Crippen MR) is 109 cm³/mol. The standard InChI is InChI=1S/C22H22FN3O2S/c23-16-7-5-15(6-8-16)22(28)26-11-9-14(10-12-26)20(27)25-21-18(13-24)17-3-1-2-4-19(17)29-21/h5-8,14H,1-4,9-12H2,(H,25,27). The molecule has 2 aliphatic rings. The summed E-state index contributed by atoms with van der Waals surface area (Å²) in [6, 6.07) is 7.80. The normalized spacial score (nSPS) is 16.8. The van der Waals surface area contributed by atoms with E-state index in [2.05, 4.69) is 11.4 Å². The van der Waals surface area contributed by atoms with Crippen LogP contribution in [0.5, 0.6) is 0 Å². The Bertz CT molecular complexity index is 969. The third-order valence-electron chi connectivity index (χ3n) is 5.76. The average Bonchev–Trinajstić information content (AvgIpc) is 3.10. The molecule has 7 heteroatoms. The molecule has 29 heavy (non-hydrogen) atoms. The molecule has 1 aromatic carbocycles. The first-order valence-electron chi connectivity index (χ1n) is 9.97. The predicted octanol–water partition coefficient (Wildman–Crippen LogP) is 4.13. The van der Waals surface area contributed by atoms with Crippen LogP contribution in [0.25, 0.3) is 0 Å². The summed E-state index contributed by atoms with van der Waals surface area (Å²) >= 11 is 1.53. The minimum absolute atomic E-state index is 0.0750. The number of hydrogen-bond acceptors (Lipinski definition) is 4. The first kappa shape index (κ1) is 19.6. The number of thiophene rings is 1. The van der Waals surface area contributed by atoms with Crippen molar-refractivity contribution in [1.29, 1.82) is 5.26 Å². The third kappa shape index (κ3) is 4.03. The van der Waals surface area contributed by atoms with Crippen LogP contribution in [0.4, 0.5) is 9.39 Å². The van der Waals surface area contributed by atoms with Gasteiger partial charge in [0.05, 0.1) is 5.56 Å². The number of carbonyl (C=O) groups is 2. The maximum atomic E-state index is 13.1. The Hall–Kier alpha value is -2.72. The van der Waals surface area contributed by atoms with Gasteiger partial charge in [-0.2, -0.15) is 5.26 Å². The Balaban J connectivity index is 1.37. The summed E-state index contributed by atoms with van der Waals surface area (Å²) in [5.74, 6) is -0.766. The van der Waals surface area contributed by atoms with Crippen molar-refractivity contribution in [2.45, 2.75) is 38.5 Å². The van der Waals surface area contributed by atoms with Gasteiger partial charge in [0.1, 0.15) is 16.9 Å². The largest absolute Gasteiger partial charge is 0.339 e. The smallest absolute Gasteiger partial charge is 0.253 e. The molecule has 0 saturated carbocycles. The molecule has 1 saturated heterocycles. The highest BCUT2D eigenvalue weighted by Gasteiger charge is 2.29. The number of fused-ring (bicyclic) bond motifs is 1. The number of aryl methyl sites for hydroxylation is 1. The summed E-state index contributed by atoms with van der Waals surface area (Å²) in [6.07, 6.45) is 5.26. The molecule has 2 amide bonds. The van der Waals surface area contributed by atoms with E-state index >= 15 is 0 Å². The lowest BCUT2D eigenvalue weighted by atomic mass is 9.94. The minimum Gasteiger partial charge on any atom is -0.339 e. The Kier molecular flexibility index (Phi) is 5.63. The third-order valence-corrected chi connectivity index (χ3v) is 6.97. The van der Waals surface area contributed by atoms with Crippen LogP contribution in [0.3, 0.4) is 0 Å². The molecule has 1 aliphatic heterocycles. The van der Waals surface area contributed by atoms with Crippen molar-refractivity contribution in [3.63, 3.8) is 0 Å². The van der Waals surface area contributed by atoms with Crippen LogP contribution < -0.4 is 5.32 Å². The molecule has 0 atom stereocenters. The van der Waals surface area contributed by atoms with E-state index in [1.165, 1.54) is 40.5 Å². The highest BCUT2D eigenvalue weighted by Crippen LogP contribution is 2.38. The molecule has 4 rings (SSSR count). The fraction of sp³-hybridized carbons (Fsp3) is 0.409. The van der Waals surface area contributed by atoms with Crippen LogP contribution in [0.1, 0.15) is 52.0 Å². The molecule has 0 radical (unpaired) electrons. The van der Waals surface area contributed by atoms with E-state index in [1.54, 1.807) is 4.90 Å². The van der Waals surface area contributed by atoms with Gasteiger partial charge in [-0.25, -0.2) is 4.39 Å². The van der Waals surface area contributed by atoms with Crippen molar-refractivity contribution in [1.82, 2.24) is 4.90 Å². The van der Waals surface area contributed by atoms with E-state index in [-0.39, 0.29) is 23.5 Å². The molecule has 1 N–H and O–H groups in total. The monoisotopic (exact) mass is 411 g/mol. The van der Waals surface area contributed by atoms with Crippen LogP contribution in [-0.4, -0.2) is 29.8 Å². The van der Waals surface area contributed by atoms with Crippen LogP contribution in [0.2, 0.25) is 0 Å². The maximum absolute atomic E-state index is 13.1. The zero-order valence-electron chi connectivity index (χ0n) is 16.0. The first-order valence-corrected chi connectivity index (χ1v) is 10.8. The number of nitriles is 1. The lowest BCUT2D eigenvalue weighted by Crippen LogP contribution is -2.41. The summed E-state index contributed by atoms with van der Waals surface area (Å²) in [7, 11) is 0. The van der Waals surface area contributed by atoms with Gasteiger partial charge in [0.15, 0.2) is 0 Å². The van der Waals surface area contributed by atoms with Crippen LogP contribution in [0.15, 0.2) is 24.3 Å². The van der Waals surface area contributed by atoms with Gasteiger partial charge in [0, 0.05) is 29.4 Å². The van der Waals surface area contributed by atoms with E-state index in [9.17, 15) is 19.2 Å². The van der Waals surface area contributed by atoms with E-state index in [0.717, 1.165) is 31.2 Å². The quantitative estimate of drug-likeness (QED) is 0.825. The topological polar surface area (TPSA) is 73.2 Å². The fourth-order valence-corrected chi connectivity index (χ4v) is 5.35. The van der Waals surface area contributed by atoms with Gasteiger partial charge in [0.25, 0.3) is 5.91 Å². The number of rotatable bonds is 3. The van der Waals surface area contributed by atoms with Crippen LogP contribution in [-0.2, 0) is 17.6 Å². The van der Waals surface area contributed by atoms with Gasteiger partial charge in [-0.15, -0.1) is 11.3 Å². The molecule has 1 aromatic heterocycles. The molecule has 150 valence electrons. The van der Waals surface area contributed by atoms with Crippen molar-refractivity contribution in [3.05, 3.63) is 51.7 Å². The highest BCUT2D eigenvalue weighted by molar-refractivity contribution is 7.16. The average molecular weight is 412 g/mol. The fourth-order valence-electron chi connectivity index (χ4n) is 4.11. The van der Waals surface area contributed by atoms with Gasteiger partial charge in [-0.3, -0.25) is 9.59 Å². The van der Waals surface area contributed by atoms with Gasteiger partial charge in [-0.05, 0) is 68.4 Å². The maximum Gasteiger partial charge on any atom is 0.253 e. The summed E-state index contributed by atoms with van der Waals surface area (Å²) in [6.45, 7) is 0.973. The minimum atomic E-state index is -0.371. The number of nitrogens with one attached hydrogen (secondary N) is 1. The number of benzene rings is 1. The Morgan fingerprint density at radius 1 is 1.14 bits per heavy atom. The Morgan fingerprint density at radius 2 is 1.83 bits per heavy atom. The molecule has 0 bridgehead atoms. The highest BCUT2D eigenvalue weighted by atomic mass is 32.1. The zero-order valence-corrected chi connectivity index (χ0v) is 16.9. The first-order chi connectivity index (χ1) is 14.1. The number of hydrogen-bond donors (Lipinski definition) is 1. The second kappa shape index (κ2) is 8.34. The van der Waals surface area contributed by atoms with Crippen molar-refractivity contribution < 1.29 is 14.0 Å². The number of piperidine rings is 1.